The molecule has 6 heteroatoms. The van der Waals surface area contributed by atoms with Crippen LogP contribution in [0.2, 0.25) is 0 Å². The van der Waals surface area contributed by atoms with Gasteiger partial charge >= 0.3 is 0 Å². The van der Waals surface area contributed by atoms with Crippen molar-refractivity contribution in [2.24, 2.45) is 5.92 Å². The highest BCUT2D eigenvalue weighted by Gasteiger charge is 2.54. The second-order valence-corrected chi connectivity index (χ2v) is 7.79. The van der Waals surface area contributed by atoms with Gasteiger partial charge in [0, 0.05) is 24.5 Å². The van der Waals surface area contributed by atoms with Crippen LogP contribution >= 0.6 is 0 Å². The van der Waals surface area contributed by atoms with E-state index in [2.05, 4.69) is 21.9 Å². The van der Waals surface area contributed by atoms with E-state index in [0.717, 1.165) is 18.0 Å². The monoisotopic (exact) mass is 346 g/mol. The zero-order chi connectivity index (χ0) is 17.0. The lowest BCUT2D eigenvalue weighted by molar-refractivity contribution is -0.0349. The molecule has 136 valence electrons. The largest absolute Gasteiger partial charge is 0.454 e. The van der Waals surface area contributed by atoms with Gasteiger partial charge in [0.15, 0.2) is 11.5 Å². The first-order valence-electron chi connectivity index (χ1n) is 9.41. The van der Waals surface area contributed by atoms with E-state index >= 15 is 0 Å². The topological polar surface area (TPSA) is 65.4 Å². The minimum atomic E-state index is -0.160. The maximum atomic E-state index is 9.78. The quantitative estimate of drug-likeness (QED) is 0.834. The molecular formula is C19H26N2O4. The summed E-state index contributed by atoms with van der Waals surface area (Å²) in [5, 5.41) is 19.6. The van der Waals surface area contributed by atoms with E-state index in [0.29, 0.717) is 30.7 Å². The maximum absolute atomic E-state index is 9.78. The molecule has 6 nitrogen and oxygen atoms in total. The second kappa shape index (κ2) is 6.13. The van der Waals surface area contributed by atoms with E-state index in [4.69, 9.17) is 9.47 Å². The van der Waals surface area contributed by atoms with E-state index in [-0.39, 0.29) is 19.3 Å². The fourth-order valence-corrected chi connectivity index (χ4v) is 5.58. The van der Waals surface area contributed by atoms with Gasteiger partial charge in [0.2, 0.25) is 6.79 Å². The smallest absolute Gasteiger partial charge is 0.231 e. The van der Waals surface area contributed by atoms with Gasteiger partial charge in [-0.3, -0.25) is 9.80 Å². The molecule has 25 heavy (non-hydrogen) atoms. The lowest BCUT2D eigenvalue weighted by Gasteiger charge is -2.52. The number of benzene rings is 1. The predicted octanol–water partition coefficient (Wildman–Crippen LogP) is 0.630. The Balaban J connectivity index is 1.51. The van der Waals surface area contributed by atoms with E-state index in [9.17, 15) is 10.2 Å². The van der Waals surface area contributed by atoms with Crippen LogP contribution in [0.25, 0.3) is 0 Å². The fraction of sp³-hybridized carbons (Fsp3) is 0.684. The van der Waals surface area contributed by atoms with E-state index < -0.39 is 0 Å². The number of hydrogen-bond acceptors (Lipinski definition) is 6. The Morgan fingerprint density at radius 2 is 1.80 bits per heavy atom. The summed E-state index contributed by atoms with van der Waals surface area (Å²) in [5.74, 6) is 2.71. The lowest BCUT2D eigenvalue weighted by atomic mass is 9.75. The molecule has 0 aliphatic carbocycles. The molecule has 1 aromatic rings. The number of ether oxygens (including phenoxy) is 2. The molecule has 0 unspecified atom stereocenters. The average Bonchev–Trinajstić information content (AvgIpc) is 3.29. The van der Waals surface area contributed by atoms with Crippen molar-refractivity contribution in [3.63, 3.8) is 0 Å². The zero-order valence-electron chi connectivity index (χ0n) is 14.4. The van der Waals surface area contributed by atoms with Gasteiger partial charge in [0.1, 0.15) is 0 Å². The van der Waals surface area contributed by atoms with Crippen molar-refractivity contribution >= 4 is 0 Å². The van der Waals surface area contributed by atoms with Gasteiger partial charge in [-0.2, -0.15) is 0 Å². The molecule has 6 rings (SSSR count). The summed E-state index contributed by atoms with van der Waals surface area (Å²) in [7, 11) is 0. The highest BCUT2D eigenvalue weighted by molar-refractivity contribution is 5.46. The number of likely N-dealkylation sites (tertiary alicyclic amines) is 1. The van der Waals surface area contributed by atoms with Crippen LogP contribution in [0.1, 0.15) is 24.3 Å². The molecule has 3 atom stereocenters. The molecule has 4 saturated heterocycles. The van der Waals surface area contributed by atoms with Crippen LogP contribution in [-0.4, -0.2) is 77.8 Å². The molecular weight excluding hydrogens is 320 g/mol. The number of fused-ring (bicyclic) bond motifs is 3. The third kappa shape index (κ3) is 2.39. The molecule has 5 heterocycles. The van der Waals surface area contributed by atoms with Gasteiger partial charge in [-0.05, 0) is 49.5 Å². The fourth-order valence-electron chi connectivity index (χ4n) is 5.58. The normalized spacial score (nSPS) is 36.2. The average molecular weight is 346 g/mol. The Kier molecular flexibility index (Phi) is 3.89. The van der Waals surface area contributed by atoms with Crippen molar-refractivity contribution < 1.29 is 19.7 Å². The molecule has 5 aliphatic rings. The molecule has 0 aromatic heterocycles. The van der Waals surface area contributed by atoms with Gasteiger partial charge < -0.3 is 19.7 Å². The number of rotatable bonds is 4. The van der Waals surface area contributed by atoms with Crippen molar-refractivity contribution in [3.05, 3.63) is 23.8 Å². The molecule has 1 aromatic carbocycles. The van der Waals surface area contributed by atoms with Crippen LogP contribution < -0.4 is 9.47 Å². The molecule has 0 saturated carbocycles. The molecule has 2 N–H and O–H groups in total. The van der Waals surface area contributed by atoms with Gasteiger partial charge in [0.25, 0.3) is 0 Å². The van der Waals surface area contributed by atoms with E-state index in [1.54, 1.807) is 0 Å². The first-order valence-corrected chi connectivity index (χ1v) is 9.41. The van der Waals surface area contributed by atoms with Crippen LogP contribution in [0.3, 0.4) is 0 Å². The van der Waals surface area contributed by atoms with Gasteiger partial charge in [-0.15, -0.1) is 0 Å². The third-order valence-electron chi connectivity index (χ3n) is 6.75. The number of hydrogen-bond donors (Lipinski definition) is 2. The SMILES string of the molecule is OCC(CO)N1C[C@H](c2ccc3c(c2)OCO3)[C@H]2[C@@H]1C1CCN2CC1. The second-order valence-electron chi connectivity index (χ2n) is 7.79. The highest BCUT2D eigenvalue weighted by Crippen LogP contribution is 2.48. The summed E-state index contributed by atoms with van der Waals surface area (Å²) in [6.07, 6.45) is 2.46. The summed E-state index contributed by atoms with van der Waals surface area (Å²) >= 11 is 0. The summed E-state index contributed by atoms with van der Waals surface area (Å²) in [6, 6.07) is 7.04. The van der Waals surface area contributed by atoms with Crippen LogP contribution in [0.15, 0.2) is 18.2 Å². The summed E-state index contributed by atoms with van der Waals surface area (Å²) < 4.78 is 11.0. The molecule has 5 aliphatic heterocycles. The Bertz CT molecular complexity index is 642. The number of aliphatic hydroxyl groups excluding tert-OH is 2. The van der Waals surface area contributed by atoms with Crippen molar-refractivity contribution in [2.45, 2.75) is 36.9 Å². The lowest BCUT2D eigenvalue weighted by Crippen LogP contribution is -2.61. The van der Waals surface area contributed by atoms with Crippen LogP contribution in [-0.2, 0) is 0 Å². The summed E-state index contributed by atoms with van der Waals surface area (Å²) in [6.45, 7) is 3.55. The van der Waals surface area contributed by atoms with Crippen molar-refractivity contribution in [3.8, 4) is 11.5 Å². The standard InChI is InChI=1S/C19H26N2O4/c22-9-14(10-23)21-8-15(13-1-2-16-17(7-13)25-11-24-16)19-18(21)12-3-5-20(19)6-4-12/h1-2,7,12,14-15,18-19,22-23H,3-6,8-11H2/t15-,18+,19+/m1/s1. The molecule has 0 amide bonds. The van der Waals surface area contributed by atoms with E-state index in [1.807, 2.05) is 6.07 Å². The molecule has 4 fully saturated rings. The van der Waals surface area contributed by atoms with Gasteiger partial charge in [-0.1, -0.05) is 6.07 Å². The summed E-state index contributed by atoms with van der Waals surface area (Å²) in [4.78, 5) is 5.02. The number of nitrogens with zero attached hydrogens (tertiary/aromatic N) is 2. The van der Waals surface area contributed by atoms with Crippen molar-refractivity contribution in [1.29, 1.82) is 0 Å². The van der Waals surface area contributed by atoms with Crippen LogP contribution in [0, 0.1) is 5.92 Å². The van der Waals surface area contributed by atoms with Gasteiger partial charge in [-0.25, -0.2) is 0 Å². The Morgan fingerprint density at radius 1 is 1.04 bits per heavy atom. The molecule has 2 bridgehead atoms. The minimum absolute atomic E-state index is 0.0142. The Labute approximate surface area is 147 Å². The Hall–Kier alpha value is -1.34. The van der Waals surface area contributed by atoms with Gasteiger partial charge in [0.05, 0.1) is 19.3 Å². The first kappa shape index (κ1) is 15.9. The molecule has 0 spiro atoms. The first-order chi connectivity index (χ1) is 12.3. The van der Waals surface area contributed by atoms with E-state index in [1.165, 1.54) is 31.5 Å². The van der Waals surface area contributed by atoms with Crippen molar-refractivity contribution in [1.82, 2.24) is 9.80 Å². The predicted molar refractivity (Wildman–Crippen MR) is 91.8 cm³/mol. The van der Waals surface area contributed by atoms with Crippen molar-refractivity contribution in [2.75, 3.05) is 39.6 Å². The third-order valence-corrected chi connectivity index (χ3v) is 6.75. The molecule has 0 radical (unpaired) electrons. The maximum Gasteiger partial charge on any atom is 0.231 e. The van der Waals surface area contributed by atoms with Crippen LogP contribution in [0.5, 0.6) is 11.5 Å². The number of aliphatic hydroxyl groups is 2. The van der Waals surface area contributed by atoms with Crippen LogP contribution in [0.4, 0.5) is 0 Å². The Morgan fingerprint density at radius 3 is 2.56 bits per heavy atom. The summed E-state index contributed by atoms with van der Waals surface area (Å²) in [5.41, 5.74) is 1.28. The number of piperidine rings is 3. The highest BCUT2D eigenvalue weighted by atomic mass is 16.7. The zero-order valence-corrected chi connectivity index (χ0v) is 14.4. The minimum Gasteiger partial charge on any atom is -0.454 e.